The number of carboxylic acids is 1. The topological polar surface area (TPSA) is 95.1 Å². The fourth-order valence-electron chi connectivity index (χ4n) is 1.37. The van der Waals surface area contributed by atoms with Gasteiger partial charge in [0.15, 0.2) is 5.82 Å². The third-order valence-corrected chi connectivity index (χ3v) is 2.85. The van der Waals surface area contributed by atoms with Crippen LogP contribution in [0.3, 0.4) is 0 Å². The molecule has 19 heavy (non-hydrogen) atoms. The number of carbonyl (C=O) groups is 2. The first-order valence-electron chi connectivity index (χ1n) is 5.02. The van der Waals surface area contributed by atoms with Crippen LogP contribution in [-0.4, -0.2) is 27.2 Å². The number of H-pyrrole nitrogens is 1. The van der Waals surface area contributed by atoms with E-state index in [1.54, 1.807) is 12.1 Å². The van der Waals surface area contributed by atoms with Crippen LogP contribution in [0, 0.1) is 0 Å². The molecule has 0 aliphatic rings. The number of hydrogen-bond acceptors (Lipinski definition) is 3. The fraction of sp³-hybridized carbons (Fsp3) is 0. The number of halogens is 2. The van der Waals surface area contributed by atoms with E-state index in [1.807, 2.05) is 0 Å². The number of aromatic carboxylic acids is 1. The minimum absolute atomic E-state index is 0.109. The molecule has 98 valence electrons. The number of nitrogens with one attached hydrogen (secondary N) is 2. The number of amides is 1. The first-order valence-corrected chi connectivity index (χ1v) is 6.19. The van der Waals surface area contributed by atoms with Crippen molar-refractivity contribution in [1.29, 1.82) is 0 Å². The molecule has 6 nitrogen and oxygen atoms in total. The summed E-state index contributed by atoms with van der Waals surface area (Å²) in [5.74, 6) is -1.47. The van der Waals surface area contributed by atoms with E-state index in [0.717, 1.165) is 0 Å². The number of benzene rings is 1. The monoisotopic (exact) mass is 343 g/mol. The van der Waals surface area contributed by atoms with Gasteiger partial charge < -0.3 is 10.4 Å². The molecular formula is C11H7BrClN3O3. The fourth-order valence-corrected chi connectivity index (χ4v) is 2.23. The summed E-state index contributed by atoms with van der Waals surface area (Å²) in [7, 11) is 0. The van der Waals surface area contributed by atoms with Crippen molar-refractivity contribution >= 4 is 45.2 Å². The molecule has 1 aromatic heterocycles. The molecule has 0 radical (unpaired) electrons. The highest BCUT2D eigenvalue weighted by Crippen LogP contribution is 2.20. The molecule has 0 fully saturated rings. The minimum atomic E-state index is -1.15. The Labute approximate surface area is 120 Å². The summed E-state index contributed by atoms with van der Waals surface area (Å²) in [6.07, 6.45) is 0. The predicted octanol–water partition coefficient (Wildman–Crippen LogP) is 2.78. The Balaban J connectivity index is 2.18. The van der Waals surface area contributed by atoms with Crippen LogP contribution < -0.4 is 5.32 Å². The predicted molar refractivity (Wildman–Crippen MR) is 72.7 cm³/mol. The summed E-state index contributed by atoms with van der Waals surface area (Å²) in [5, 5.41) is 17.5. The van der Waals surface area contributed by atoms with Gasteiger partial charge in [0, 0.05) is 21.1 Å². The lowest BCUT2D eigenvalue weighted by molar-refractivity contribution is 0.0690. The molecular weight excluding hydrogens is 337 g/mol. The first kappa shape index (κ1) is 13.6. The lowest BCUT2D eigenvalue weighted by atomic mass is 10.2. The number of anilines is 1. The van der Waals surface area contributed by atoms with Crippen LogP contribution in [0.2, 0.25) is 5.02 Å². The van der Waals surface area contributed by atoms with Crippen molar-refractivity contribution in [3.8, 4) is 0 Å². The van der Waals surface area contributed by atoms with E-state index in [-0.39, 0.29) is 11.5 Å². The lowest BCUT2D eigenvalue weighted by Gasteiger charge is -2.03. The van der Waals surface area contributed by atoms with E-state index in [0.29, 0.717) is 15.1 Å². The van der Waals surface area contributed by atoms with Gasteiger partial charge in [-0.25, -0.2) is 4.79 Å². The molecule has 0 saturated carbocycles. The van der Waals surface area contributed by atoms with Crippen LogP contribution in [0.1, 0.15) is 20.8 Å². The van der Waals surface area contributed by atoms with Crippen LogP contribution in [-0.2, 0) is 0 Å². The molecule has 1 heterocycles. The van der Waals surface area contributed by atoms with E-state index >= 15 is 0 Å². The average molecular weight is 345 g/mol. The smallest absolute Gasteiger partial charge is 0.353 e. The van der Waals surface area contributed by atoms with Gasteiger partial charge in [-0.05, 0) is 18.2 Å². The van der Waals surface area contributed by atoms with Crippen LogP contribution in [0.5, 0.6) is 0 Å². The molecule has 0 bridgehead atoms. The van der Waals surface area contributed by atoms with Crippen molar-refractivity contribution in [1.82, 2.24) is 10.2 Å². The lowest BCUT2D eigenvalue weighted by Crippen LogP contribution is -2.12. The zero-order chi connectivity index (χ0) is 14.0. The van der Waals surface area contributed by atoms with E-state index in [1.165, 1.54) is 12.1 Å². The van der Waals surface area contributed by atoms with Crippen molar-refractivity contribution in [2.75, 3.05) is 5.32 Å². The molecule has 0 aliphatic heterocycles. The Bertz CT molecular complexity index is 636. The molecule has 8 heteroatoms. The van der Waals surface area contributed by atoms with Crippen molar-refractivity contribution < 1.29 is 14.7 Å². The van der Waals surface area contributed by atoms with Crippen molar-refractivity contribution in [2.24, 2.45) is 0 Å². The standard InChI is InChI=1S/C11H7BrClN3O3/c12-6-1-5(2-7(13)3-6)10(17)14-9-4-8(11(18)19)15-16-9/h1-4H,(H,18,19)(H2,14,15,16,17). The third kappa shape index (κ3) is 3.33. The maximum atomic E-state index is 11.9. The van der Waals surface area contributed by atoms with Gasteiger partial charge in [-0.2, -0.15) is 5.10 Å². The molecule has 0 saturated heterocycles. The molecule has 0 atom stereocenters. The van der Waals surface area contributed by atoms with Gasteiger partial charge in [0.2, 0.25) is 0 Å². The number of carbonyl (C=O) groups excluding carboxylic acids is 1. The first-order chi connectivity index (χ1) is 8.95. The number of carboxylic acid groups (broad SMARTS) is 1. The summed E-state index contributed by atoms with van der Waals surface area (Å²) >= 11 is 9.06. The summed E-state index contributed by atoms with van der Waals surface area (Å²) in [5.41, 5.74) is 0.224. The van der Waals surface area contributed by atoms with Crippen molar-refractivity contribution in [3.05, 3.63) is 45.0 Å². The largest absolute Gasteiger partial charge is 0.477 e. The van der Waals surface area contributed by atoms with Gasteiger partial charge in [-0.3, -0.25) is 9.89 Å². The molecule has 1 aromatic carbocycles. The Morgan fingerprint density at radius 1 is 1.32 bits per heavy atom. The van der Waals surface area contributed by atoms with Crippen LogP contribution in [0.15, 0.2) is 28.7 Å². The third-order valence-electron chi connectivity index (χ3n) is 2.17. The van der Waals surface area contributed by atoms with Gasteiger partial charge in [0.1, 0.15) is 5.69 Å². The van der Waals surface area contributed by atoms with Crippen LogP contribution in [0.4, 0.5) is 5.82 Å². The van der Waals surface area contributed by atoms with E-state index in [2.05, 4.69) is 31.4 Å². The highest BCUT2D eigenvalue weighted by atomic mass is 79.9. The molecule has 3 N–H and O–H groups in total. The number of aromatic amines is 1. The zero-order valence-corrected chi connectivity index (χ0v) is 11.6. The number of rotatable bonds is 3. The second-order valence-corrected chi connectivity index (χ2v) is 4.94. The summed E-state index contributed by atoms with van der Waals surface area (Å²) in [4.78, 5) is 22.6. The summed E-state index contributed by atoms with van der Waals surface area (Å²) in [6, 6.07) is 5.95. The molecule has 0 unspecified atom stereocenters. The highest BCUT2D eigenvalue weighted by Gasteiger charge is 2.12. The van der Waals surface area contributed by atoms with E-state index in [9.17, 15) is 9.59 Å². The van der Waals surface area contributed by atoms with Crippen molar-refractivity contribution in [3.63, 3.8) is 0 Å². The zero-order valence-electron chi connectivity index (χ0n) is 9.28. The van der Waals surface area contributed by atoms with Gasteiger partial charge in [-0.1, -0.05) is 27.5 Å². The molecule has 2 rings (SSSR count). The minimum Gasteiger partial charge on any atom is -0.477 e. The highest BCUT2D eigenvalue weighted by molar-refractivity contribution is 9.10. The van der Waals surface area contributed by atoms with Gasteiger partial charge >= 0.3 is 5.97 Å². The molecule has 0 spiro atoms. The second-order valence-electron chi connectivity index (χ2n) is 3.58. The molecule has 0 aliphatic carbocycles. The number of hydrogen-bond donors (Lipinski definition) is 3. The Morgan fingerprint density at radius 3 is 2.63 bits per heavy atom. The van der Waals surface area contributed by atoms with Gasteiger partial charge in [0.05, 0.1) is 0 Å². The maximum absolute atomic E-state index is 11.9. The van der Waals surface area contributed by atoms with E-state index in [4.69, 9.17) is 16.7 Å². The summed E-state index contributed by atoms with van der Waals surface area (Å²) in [6.45, 7) is 0. The molecule has 1 amide bonds. The average Bonchev–Trinajstić information content (AvgIpc) is 2.76. The Kier molecular flexibility index (Phi) is 3.87. The number of nitrogens with zero attached hydrogens (tertiary/aromatic N) is 1. The van der Waals surface area contributed by atoms with Crippen LogP contribution in [0.25, 0.3) is 0 Å². The Morgan fingerprint density at radius 2 is 2.05 bits per heavy atom. The van der Waals surface area contributed by atoms with Gasteiger partial charge in [-0.15, -0.1) is 0 Å². The quantitative estimate of drug-likeness (QED) is 0.798. The van der Waals surface area contributed by atoms with Gasteiger partial charge in [0.25, 0.3) is 5.91 Å². The number of aromatic nitrogens is 2. The maximum Gasteiger partial charge on any atom is 0.353 e. The van der Waals surface area contributed by atoms with Crippen molar-refractivity contribution in [2.45, 2.75) is 0 Å². The van der Waals surface area contributed by atoms with E-state index < -0.39 is 11.9 Å². The summed E-state index contributed by atoms with van der Waals surface area (Å²) < 4.78 is 0.665. The normalized spacial score (nSPS) is 10.2. The Hall–Kier alpha value is -1.86. The molecule has 2 aromatic rings. The SMILES string of the molecule is O=C(Nc1cc(C(=O)O)[nH]n1)c1cc(Cl)cc(Br)c1. The second kappa shape index (κ2) is 5.41. The van der Waals surface area contributed by atoms with Crippen LogP contribution >= 0.6 is 27.5 Å².